The summed E-state index contributed by atoms with van der Waals surface area (Å²) in [5, 5.41) is 21.2. The van der Waals surface area contributed by atoms with E-state index in [-0.39, 0.29) is 10.0 Å². The monoisotopic (exact) mass is 298 g/mol. The van der Waals surface area contributed by atoms with Gasteiger partial charge in [0.25, 0.3) is 0 Å². The molecule has 1 unspecified atom stereocenters. The van der Waals surface area contributed by atoms with Gasteiger partial charge in [0.15, 0.2) is 5.82 Å². The molecule has 3 nitrogen and oxygen atoms in total. The molecule has 90 valence electrons. The standard InChI is InChI=1S/C12H12BrFN2O/c13-11-8(5-15)3-4-9(12(11)14)16-6-10(17)7-1-2-7/h3-4,7,10,16-17H,1-2,6H2. The van der Waals surface area contributed by atoms with E-state index in [1.165, 1.54) is 6.07 Å². The van der Waals surface area contributed by atoms with E-state index in [4.69, 9.17) is 5.26 Å². The van der Waals surface area contributed by atoms with E-state index in [1.807, 2.05) is 6.07 Å². The molecule has 1 aromatic carbocycles. The van der Waals surface area contributed by atoms with Crippen molar-refractivity contribution in [2.45, 2.75) is 18.9 Å². The summed E-state index contributed by atoms with van der Waals surface area (Å²) in [6.45, 7) is 0.333. The van der Waals surface area contributed by atoms with Crippen LogP contribution in [0.3, 0.4) is 0 Å². The van der Waals surface area contributed by atoms with Crippen molar-refractivity contribution in [3.63, 3.8) is 0 Å². The summed E-state index contributed by atoms with van der Waals surface area (Å²) in [6, 6.07) is 4.95. The lowest BCUT2D eigenvalue weighted by Gasteiger charge is -2.13. The molecule has 1 fully saturated rings. The fourth-order valence-electron chi connectivity index (χ4n) is 1.63. The average Bonchev–Trinajstić information content (AvgIpc) is 3.15. The number of hydrogen-bond acceptors (Lipinski definition) is 3. The first kappa shape index (κ1) is 12.3. The predicted octanol–water partition coefficient (Wildman–Crippen LogP) is 2.64. The number of halogens is 2. The number of nitriles is 1. The third kappa shape index (κ3) is 2.76. The Morgan fingerprint density at radius 3 is 2.88 bits per heavy atom. The maximum absolute atomic E-state index is 13.8. The van der Waals surface area contributed by atoms with Crippen LogP contribution in [0.2, 0.25) is 0 Å². The minimum absolute atomic E-state index is 0.158. The molecule has 1 saturated carbocycles. The van der Waals surface area contributed by atoms with Crippen LogP contribution in [-0.2, 0) is 0 Å². The summed E-state index contributed by atoms with van der Waals surface area (Å²) in [6.07, 6.45) is 1.66. The van der Waals surface area contributed by atoms with Crippen LogP contribution in [-0.4, -0.2) is 17.8 Å². The van der Waals surface area contributed by atoms with Gasteiger partial charge in [0.2, 0.25) is 0 Å². The Balaban J connectivity index is 2.06. The second kappa shape index (κ2) is 5.03. The van der Waals surface area contributed by atoms with Gasteiger partial charge >= 0.3 is 0 Å². The van der Waals surface area contributed by atoms with Gasteiger partial charge in [-0.2, -0.15) is 5.26 Å². The highest BCUT2D eigenvalue weighted by molar-refractivity contribution is 9.10. The van der Waals surface area contributed by atoms with Crippen molar-refractivity contribution >= 4 is 21.6 Å². The first-order chi connectivity index (χ1) is 8.13. The van der Waals surface area contributed by atoms with Crippen molar-refractivity contribution in [1.82, 2.24) is 0 Å². The zero-order valence-electron chi connectivity index (χ0n) is 9.08. The van der Waals surface area contributed by atoms with Gasteiger partial charge in [0, 0.05) is 6.54 Å². The van der Waals surface area contributed by atoms with Crippen LogP contribution < -0.4 is 5.32 Å². The van der Waals surface area contributed by atoms with Crippen molar-refractivity contribution in [3.05, 3.63) is 28.0 Å². The predicted molar refractivity (Wildman–Crippen MR) is 66.0 cm³/mol. The second-order valence-corrected chi connectivity index (χ2v) is 4.98. The highest BCUT2D eigenvalue weighted by Crippen LogP contribution is 2.33. The highest BCUT2D eigenvalue weighted by Gasteiger charge is 2.29. The summed E-state index contributed by atoms with van der Waals surface area (Å²) in [4.78, 5) is 0. The normalized spacial score (nSPS) is 16.4. The average molecular weight is 299 g/mol. The molecule has 0 aliphatic heterocycles. The van der Waals surface area contributed by atoms with E-state index in [9.17, 15) is 9.50 Å². The van der Waals surface area contributed by atoms with Gasteiger partial charge in [0.05, 0.1) is 21.8 Å². The number of anilines is 1. The van der Waals surface area contributed by atoms with E-state index in [2.05, 4.69) is 21.2 Å². The number of nitrogens with zero attached hydrogens (tertiary/aromatic N) is 1. The molecule has 2 N–H and O–H groups in total. The number of aliphatic hydroxyl groups is 1. The van der Waals surface area contributed by atoms with Crippen molar-refractivity contribution in [2.75, 3.05) is 11.9 Å². The number of hydrogen-bond donors (Lipinski definition) is 2. The zero-order valence-corrected chi connectivity index (χ0v) is 10.7. The summed E-state index contributed by atoms with van der Waals surface area (Å²) in [5.41, 5.74) is 0.561. The van der Waals surface area contributed by atoms with Gasteiger partial charge in [-0.05, 0) is 46.8 Å². The quantitative estimate of drug-likeness (QED) is 0.898. The minimum atomic E-state index is -0.493. The molecule has 0 aromatic heterocycles. The zero-order chi connectivity index (χ0) is 12.4. The molecular formula is C12H12BrFN2O. The molecular weight excluding hydrogens is 287 g/mol. The van der Waals surface area contributed by atoms with Gasteiger partial charge in [-0.25, -0.2) is 4.39 Å². The smallest absolute Gasteiger partial charge is 0.161 e. The van der Waals surface area contributed by atoms with Crippen LogP contribution in [0.15, 0.2) is 16.6 Å². The number of rotatable bonds is 4. The molecule has 0 radical (unpaired) electrons. The molecule has 1 atom stereocenters. The topological polar surface area (TPSA) is 56.0 Å². The lowest BCUT2D eigenvalue weighted by molar-refractivity contribution is 0.164. The van der Waals surface area contributed by atoms with Crippen LogP contribution in [0.4, 0.5) is 10.1 Å². The fraction of sp³-hybridized carbons (Fsp3) is 0.417. The van der Waals surface area contributed by atoms with E-state index < -0.39 is 11.9 Å². The van der Waals surface area contributed by atoms with Crippen LogP contribution in [0, 0.1) is 23.1 Å². The lowest BCUT2D eigenvalue weighted by Crippen LogP contribution is -2.21. The summed E-state index contributed by atoms with van der Waals surface area (Å²) in [5.74, 6) is -0.139. The van der Waals surface area contributed by atoms with Crippen molar-refractivity contribution in [1.29, 1.82) is 5.26 Å². The van der Waals surface area contributed by atoms with Crippen LogP contribution in [0.5, 0.6) is 0 Å². The van der Waals surface area contributed by atoms with E-state index in [1.54, 1.807) is 6.07 Å². The molecule has 17 heavy (non-hydrogen) atoms. The van der Waals surface area contributed by atoms with Gasteiger partial charge in [-0.1, -0.05) is 0 Å². The minimum Gasteiger partial charge on any atom is -0.391 e. The van der Waals surface area contributed by atoms with Gasteiger partial charge in [-0.15, -0.1) is 0 Å². The van der Waals surface area contributed by atoms with Crippen LogP contribution in [0.1, 0.15) is 18.4 Å². The van der Waals surface area contributed by atoms with E-state index >= 15 is 0 Å². The van der Waals surface area contributed by atoms with Crippen LogP contribution >= 0.6 is 15.9 Å². The molecule has 0 saturated heterocycles. The van der Waals surface area contributed by atoms with Crippen LogP contribution in [0.25, 0.3) is 0 Å². The maximum Gasteiger partial charge on any atom is 0.161 e. The molecule has 1 aliphatic carbocycles. The second-order valence-electron chi connectivity index (χ2n) is 4.19. The fourth-order valence-corrected chi connectivity index (χ4v) is 2.07. The third-order valence-electron chi connectivity index (χ3n) is 2.87. The molecule has 0 bridgehead atoms. The molecule has 5 heteroatoms. The highest BCUT2D eigenvalue weighted by atomic mass is 79.9. The van der Waals surface area contributed by atoms with Gasteiger partial charge in [-0.3, -0.25) is 0 Å². The Morgan fingerprint density at radius 2 is 2.29 bits per heavy atom. The van der Waals surface area contributed by atoms with Gasteiger partial charge in [0.1, 0.15) is 6.07 Å². The van der Waals surface area contributed by atoms with E-state index in [0.29, 0.717) is 18.2 Å². The SMILES string of the molecule is N#Cc1ccc(NCC(O)C2CC2)c(F)c1Br. The lowest BCUT2D eigenvalue weighted by atomic mass is 10.2. The summed E-state index contributed by atoms with van der Waals surface area (Å²) < 4.78 is 13.9. The molecule has 0 spiro atoms. The van der Waals surface area contributed by atoms with Crippen molar-refractivity contribution in [3.8, 4) is 6.07 Å². The maximum atomic E-state index is 13.8. The molecule has 0 amide bonds. The Morgan fingerprint density at radius 1 is 1.59 bits per heavy atom. The van der Waals surface area contributed by atoms with Crippen molar-refractivity contribution < 1.29 is 9.50 Å². The Kier molecular flexibility index (Phi) is 3.65. The van der Waals surface area contributed by atoms with Crippen molar-refractivity contribution in [2.24, 2.45) is 5.92 Å². The Labute approximate surface area is 107 Å². The largest absolute Gasteiger partial charge is 0.391 e. The third-order valence-corrected chi connectivity index (χ3v) is 3.65. The first-order valence-electron chi connectivity index (χ1n) is 5.43. The molecule has 0 heterocycles. The molecule has 2 rings (SSSR count). The molecule has 1 aromatic rings. The summed E-state index contributed by atoms with van der Waals surface area (Å²) in [7, 11) is 0. The Hall–Kier alpha value is -1.12. The number of benzene rings is 1. The number of nitrogens with one attached hydrogen (secondary N) is 1. The summed E-state index contributed by atoms with van der Waals surface area (Å²) >= 11 is 3.04. The molecule has 1 aliphatic rings. The van der Waals surface area contributed by atoms with Gasteiger partial charge < -0.3 is 10.4 Å². The Bertz CT molecular complexity index is 468. The number of aliphatic hydroxyl groups excluding tert-OH is 1. The first-order valence-corrected chi connectivity index (χ1v) is 6.23. The van der Waals surface area contributed by atoms with E-state index in [0.717, 1.165) is 12.8 Å².